The van der Waals surface area contributed by atoms with Gasteiger partial charge in [-0.1, -0.05) is 24.3 Å². The monoisotopic (exact) mass is 522 g/mol. The molecular weight excluding hydrogens is 488 g/mol. The predicted molar refractivity (Wildman–Crippen MR) is 148 cm³/mol. The fourth-order valence-electron chi connectivity index (χ4n) is 3.42. The molecule has 0 bridgehead atoms. The number of carbonyl (C=O) groups is 3. The summed E-state index contributed by atoms with van der Waals surface area (Å²) in [5.41, 5.74) is 2.00. The van der Waals surface area contributed by atoms with Gasteiger partial charge < -0.3 is 14.8 Å². The highest BCUT2D eigenvalue weighted by Gasteiger charge is 2.19. The second-order valence-electron chi connectivity index (χ2n) is 10.6. The van der Waals surface area contributed by atoms with Crippen molar-refractivity contribution in [2.24, 2.45) is 0 Å². The van der Waals surface area contributed by atoms with E-state index in [-0.39, 0.29) is 18.3 Å². The summed E-state index contributed by atoms with van der Waals surface area (Å²) in [5, 5.41) is 7.62. The van der Waals surface area contributed by atoms with E-state index in [4.69, 9.17) is 9.47 Å². The Morgan fingerprint density at radius 2 is 1.49 bits per heavy atom. The lowest BCUT2D eigenvalue weighted by molar-refractivity contribution is -0.154. The van der Waals surface area contributed by atoms with Crippen molar-refractivity contribution >= 4 is 40.7 Å². The number of ether oxygens (including phenoxy) is 2. The van der Waals surface area contributed by atoms with E-state index in [1.54, 1.807) is 50.3 Å². The van der Waals surface area contributed by atoms with Crippen LogP contribution in [0.4, 0.5) is 16.2 Å². The largest absolute Gasteiger partial charge is 0.460 e. The SMILES string of the molecule is CC(C)(C)OC(=O)CCc1ccc(C(=O)Nc2cc(-c3cccs3)ccc2NC(=O)OC(C)(C)C)cc1. The van der Waals surface area contributed by atoms with Crippen LogP contribution >= 0.6 is 11.3 Å². The van der Waals surface area contributed by atoms with E-state index in [0.29, 0.717) is 23.4 Å². The van der Waals surface area contributed by atoms with Gasteiger partial charge in [-0.25, -0.2) is 4.79 Å². The third kappa shape index (κ3) is 9.06. The highest BCUT2D eigenvalue weighted by Crippen LogP contribution is 2.32. The molecule has 1 heterocycles. The molecule has 0 aliphatic rings. The van der Waals surface area contributed by atoms with Crippen LogP contribution in [0, 0.1) is 0 Å². The zero-order valence-electron chi connectivity index (χ0n) is 22.1. The second kappa shape index (κ2) is 11.6. The maximum Gasteiger partial charge on any atom is 0.412 e. The Balaban J connectivity index is 1.74. The second-order valence-corrected chi connectivity index (χ2v) is 11.5. The number of benzene rings is 2. The minimum atomic E-state index is -0.657. The number of aryl methyl sites for hydroxylation is 1. The van der Waals surface area contributed by atoms with Gasteiger partial charge >= 0.3 is 12.1 Å². The van der Waals surface area contributed by atoms with Crippen LogP contribution in [0.15, 0.2) is 60.0 Å². The van der Waals surface area contributed by atoms with E-state index < -0.39 is 17.3 Å². The van der Waals surface area contributed by atoms with Crippen molar-refractivity contribution in [2.75, 3.05) is 10.6 Å². The predicted octanol–water partition coefficient (Wildman–Crippen LogP) is 7.29. The number of hydrogen-bond donors (Lipinski definition) is 2. The van der Waals surface area contributed by atoms with Crippen LogP contribution in [-0.4, -0.2) is 29.2 Å². The Morgan fingerprint density at radius 1 is 0.811 bits per heavy atom. The van der Waals surface area contributed by atoms with Gasteiger partial charge in [-0.2, -0.15) is 0 Å². The van der Waals surface area contributed by atoms with Gasteiger partial charge in [-0.15, -0.1) is 11.3 Å². The van der Waals surface area contributed by atoms with Crippen LogP contribution in [-0.2, 0) is 20.7 Å². The van der Waals surface area contributed by atoms with E-state index in [0.717, 1.165) is 16.0 Å². The van der Waals surface area contributed by atoms with Gasteiger partial charge in [0.25, 0.3) is 5.91 Å². The highest BCUT2D eigenvalue weighted by molar-refractivity contribution is 7.13. The van der Waals surface area contributed by atoms with Crippen LogP contribution in [0.2, 0.25) is 0 Å². The Kier molecular flexibility index (Phi) is 8.76. The average molecular weight is 523 g/mol. The average Bonchev–Trinajstić information content (AvgIpc) is 3.32. The molecule has 0 radical (unpaired) electrons. The molecule has 0 fully saturated rings. The molecule has 3 aromatic rings. The molecule has 196 valence electrons. The molecule has 0 aliphatic carbocycles. The van der Waals surface area contributed by atoms with Crippen molar-refractivity contribution in [2.45, 2.75) is 65.6 Å². The van der Waals surface area contributed by atoms with E-state index in [9.17, 15) is 14.4 Å². The molecule has 2 amide bonds. The number of rotatable bonds is 7. The van der Waals surface area contributed by atoms with E-state index in [1.165, 1.54) is 0 Å². The van der Waals surface area contributed by atoms with Gasteiger partial charge in [0.1, 0.15) is 11.2 Å². The van der Waals surface area contributed by atoms with E-state index in [2.05, 4.69) is 10.6 Å². The quantitative estimate of drug-likeness (QED) is 0.318. The Morgan fingerprint density at radius 3 is 2.08 bits per heavy atom. The van der Waals surface area contributed by atoms with Crippen LogP contribution < -0.4 is 10.6 Å². The van der Waals surface area contributed by atoms with Crippen molar-refractivity contribution in [3.63, 3.8) is 0 Å². The minimum absolute atomic E-state index is 0.259. The molecule has 7 nitrogen and oxygen atoms in total. The zero-order valence-corrected chi connectivity index (χ0v) is 23.0. The van der Waals surface area contributed by atoms with Crippen LogP contribution in [0.5, 0.6) is 0 Å². The summed E-state index contributed by atoms with van der Waals surface area (Å²) in [5.74, 6) is -0.584. The summed E-state index contributed by atoms with van der Waals surface area (Å²) in [6.07, 6.45) is 0.169. The molecule has 2 N–H and O–H groups in total. The molecule has 0 aliphatic heterocycles. The smallest absolute Gasteiger partial charge is 0.412 e. The molecule has 0 atom stereocenters. The summed E-state index contributed by atoms with van der Waals surface area (Å²) < 4.78 is 10.7. The molecule has 1 aromatic heterocycles. The van der Waals surface area contributed by atoms with Gasteiger partial charge in [0.15, 0.2) is 0 Å². The maximum absolute atomic E-state index is 13.1. The first-order valence-electron chi connectivity index (χ1n) is 12.1. The minimum Gasteiger partial charge on any atom is -0.460 e. The maximum atomic E-state index is 13.1. The van der Waals surface area contributed by atoms with Crippen molar-refractivity contribution in [1.29, 1.82) is 0 Å². The number of anilines is 2. The Bertz CT molecular complexity index is 1240. The number of thiophene rings is 1. The number of amides is 2. The molecule has 0 unspecified atom stereocenters. The highest BCUT2D eigenvalue weighted by atomic mass is 32.1. The molecule has 0 saturated heterocycles. The third-order valence-electron chi connectivity index (χ3n) is 4.96. The lowest BCUT2D eigenvalue weighted by Gasteiger charge is -2.21. The van der Waals surface area contributed by atoms with E-state index >= 15 is 0 Å². The van der Waals surface area contributed by atoms with Crippen molar-refractivity contribution < 1.29 is 23.9 Å². The molecule has 3 rings (SSSR count). The summed E-state index contributed by atoms with van der Waals surface area (Å²) in [6.45, 7) is 10.9. The number of nitrogens with one attached hydrogen (secondary N) is 2. The van der Waals surface area contributed by atoms with Crippen LogP contribution in [0.25, 0.3) is 10.4 Å². The fourth-order valence-corrected chi connectivity index (χ4v) is 4.15. The molecule has 8 heteroatoms. The fraction of sp³-hybridized carbons (Fsp3) is 0.345. The summed E-state index contributed by atoms with van der Waals surface area (Å²) >= 11 is 1.58. The summed E-state index contributed by atoms with van der Waals surface area (Å²) in [7, 11) is 0. The topological polar surface area (TPSA) is 93.7 Å². The Labute approximate surface area is 222 Å². The number of esters is 1. The number of carbonyl (C=O) groups excluding carboxylic acids is 3. The molecule has 0 saturated carbocycles. The molecule has 37 heavy (non-hydrogen) atoms. The van der Waals surface area contributed by atoms with Gasteiger partial charge in [0.05, 0.1) is 11.4 Å². The van der Waals surface area contributed by atoms with Gasteiger partial charge in [-0.3, -0.25) is 14.9 Å². The van der Waals surface area contributed by atoms with Crippen molar-refractivity contribution in [3.05, 3.63) is 71.1 Å². The third-order valence-corrected chi connectivity index (χ3v) is 5.88. The van der Waals surface area contributed by atoms with Gasteiger partial charge in [-0.05, 0) is 94.8 Å². The van der Waals surface area contributed by atoms with E-state index in [1.807, 2.05) is 62.5 Å². The summed E-state index contributed by atoms with van der Waals surface area (Å²) in [4.78, 5) is 38.5. The standard InChI is InChI=1S/C29H34N2O5S/c1-28(2,3)35-25(32)16-11-19-9-12-20(13-10-19)26(33)30-23-18-21(24-8-7-17-37-24)14-15-22(23)31-27(34)36-29(4,5)6/h7-10,12-15,17-18H,11,16H2,1-6H3,(H,30,33)(H,31,34). The van der Waals surface area contributed by atoms with Gasteiger partial charge in [0, 0.05) is 16.9 Å². The summed E-state index contributed by atoms with van der Waals surface area (Å²) in [6, 6.07) is 16.5. The lowest BCUT2D eigenvalue weighted by atomic mass is 10.1. The van der Waals surface area contributed by atoms with Crippen LogP contribution in [0.3, 0.4) is 0 Å². The number of hydrogen-bond acceptors (Lipinski definition) is 6. The van der Waals surface area contributed by atoms with Crippen molar-refractivity contribution in [3.8, 4) is 10.4 Å². The van der Waals surface area contributed by atoms with Crippen molar-refractivity contribution in [1.82, 2.24) is 0 Å². The first-order chi connectivity index (χ1) is 17.3. The Hall–Kier alpha value is -3.65. The first-order valence-corrected chi connectivity index (χ1v) is 13.0. The first kappa shape index (κ1) is 27.9. The molecule has 0 spiro atoms. The zero-order chi connectivity index (χ0) is 27.2. The normalized spacial score (nSPS) is 11.5. The van der Waals surface area contributed by atoms with Crippen LogP contribution in [0.1, 0.15) is 63.9 Å². The van der Waals surface area contributed by atoms with Gasteiger partial charge in [0.2, 0.25) is 0 Å². The molecular formula is C29H34N2O5S. The molecule has 2 aromatic carbocycles. The lowest BCUT2D eigenvalue weighted by Crippen LogP contribution is -2.27.